The molecule has 2 heterocycles. The van der Waals surface area contributed by atoms with Crippen molar-refractivity contribution in [2.45, 2.75) is 13.5 Å². The number of aromatic nitrogens is 1. The minimum Gasteiger partial charge on any atom is -0.489 e. The molecule has 2 aromatic heterocycles. The van der Waals surface area contributed by atoms with Crippen molar-refractivity contribution in [3.63, 3.8) is 0 Å². The van der Waals surface area contributed by atoms with Gasteiger partial charge in [-0.3, -0.25) is 0 Å². The van der Waals surface area contributed by atoms with Crippen molar-refractivity contribution in [2.75, 3.05) is 0 Å². The summed E-state index contributed by atoms with van der Waals surface area (Å²) in [5.74, 6) is 0.629. The first kappa shape index (κ1) is 13.6. The molecular weight excluding hydrogens is 290 g/mol. The molecule has 0 bridgehead atoms. The number of halogens is 1. The summed E-state index contributed by atoms with van der Waals surface area (Å²) in [6, 6.07) is 10.5. The van der Waals surface area contributed by atoms with Crippen LogP contribution in [0.1, 0.15) is 11.1 Å². The Kier molecular flexibility index (Phi) is 3.62. The van der Waals surface area contributed by atoms with Gasteiger partial charge in [0.2, 0.25) is 0 Å². The van der Waals surface area contributed by atoms with Crippen LogP contribution in [-0.2, 0) is 6.61 Å². The molecule has 0 fully saturated rings. The van der Waals surface area contributed by atoms with Crippen LogP contribution in [0.2, 0.25) is 5.15 Å². The molecule has 0 unspecified atom stereocenters. The van der Waals surface area contributed by atoms with Crippen LogP contribution in [0.3, 0.4) is 0 Å². The van der Waals surface area contributed by atoms with Gasteiger partial charge in [-0.15, -0.1) is 0 Å². The summed E-state index contributed by atoms with van der Waals surface area (Å²) >= 11 is 5.82. The van der Waals surface area contributed by atoms with Crippen molar-refractivity contribution in [3.8, 4) is 5.75 Å². The Labute approximate surface area is 126 Å². The second-order valence-electron chi connectivity index (χ2n) is 4.68. The van der Waals surface area contributed by atoms with Crippen molar-refractivity contribution < 1.29 is 9.15 Å². The third kappa shape index (κ3) is 3.06. The fourth-order valence-electron chi connectivity index (χ4n) is 2.09. The lowest BCUT2D eigenvalue weighted by atomic mass is 10.1. The van der Waals surface area contributed by atoms with Gasteiger partial charge in [0.25, 0.3) is 0 Å². The van der Waals surface area contributed by atoms with Gasteiger partial charge < -0.3 is 9.15 Å². The van der Waals surface area contributed by atoms with E-state index in [1.807, 2.05) is 25.1 Å². The van der Waals surface area contributed by atoms with Crippen LogP contribution in [0.25, 0.3) is 11.0 Å². The van der Waals surface area contributed by atoms with Gasteiger partial charge in [-0.05, 0) is 42.3 Å². The van der Waals surface area contributed by atoms with E-state index in [9.17, 15) is 4.79 Å². The highest BCUT2D eigenvalue weighted by molar-refractivity contribution is 6.29. The van der Waals surface area contributed by atoms with Gasteiger partial charge in [-0.2, -0.15) is 0 Å². The van der Waals surface area contributed by atoms with Crippen LogP contribution in [-0.4, -0.2) is 4.98 Å². The van der Waals surface area contributed by atoms with Crippen LogP contribution in [0, 0.1) is 6.92 Å². The third-order valence-electron chi connectivity index (χ3n) is 3.12. The van der Waals surface area contributed by atoms with Gasteiger partial charge in [0.15, 0.2) is 0 Å². The molecule has 0 N–H and O–H groups in total. The summed E-state index contributed by atoms with van der Waals surface area (Å²) in [5.41, 5.74) is 1.96. The van der Waals surface area contributed by atoms with Crippen molar-refractivity contribution in [1.29, 1.82) is 0 Å². The number of benzene rings is 1. The van der Waals surface area contributed by atoms with E-state index in [-0.39, 0.29) is 5.63 Å². The maximum absolute atomic E-state index is 11.4. The first-order valence-corrected chi connectivity index (χ1v) is 6.77. The third-order valence-corrected chi connectivity index (χ3v) is 3.33. The van der Waals surface area contributed by atoms with E-state index in [0.29, 0.717) is 23.1 Å². The van der Waals surface area contributed by atoms with Crippen molar-refractivity contribution in [2.24, 2.45) is 0 Å². The summed E-state index contributed by atoms with van der Waals surface area (Å²) < 4.78 is 10.9. The maximum Gasteiger partial charge on any atom is 0.336 e. The molecule has 1 aromatic carbocycles. The second kappa shape index (κ2) is 5.58. The Hall–Kier alpha value is -2.33. The number of rotatable bonds is 3. The molecule has 0 aliphatic carbocycles. The lowest BCUT2D eigenvalue weighted by Crippen LogP contribution is -1.99. The zero-order valence-corrected chi connectivity index (χ0v) is 12.1. The Morgan fingerprint density at radius 1 is 1.24 bits per heavy atom. The Morgan fingerprint density at radius 2 is 2.10 bits per heavy atom. The zero-order valence-electron chi connectivity index (χ0n) is 11.3. The molecule has 0 saturated carbocycles. The molecule has 0 atom stereocenters. The Morgan fingerprint density at radius 3 is 2.90 bits per heavy atom. The molecule has 3 aromatic rings. The maximum atomic E-state index is 11.4. The highest BCUT2D eigenvalue weighted by Crippen LogP contribution is 2.23. The van der Waals surface area contributed by atoms with E-state index < -0.39 is 0 Å². The number of fused-ring (bicyclic) bond motifs is 1. The van der Waals surface area contributed by atoms with Crippen molar-refractivity contribution in [1.82, 2.24) is 4.98 Å². The first-order chi connectivity index (χ1) is 10.1. The monoisotopic (exact) mass is 301 g/mol. The number of pyridine rings is 1. The van der Waals surface area contributed by atoms with Gasteiger partial charge in [-0.25, -0.2) is 9.78 Å². The zero-order chi connectivity index (χ0) is 14.8. The highest BCUT2D eigenvalue weighted by atomic mass is 35.5. The largest absolute Gasteiger partial charge is 0.489 e. The summed E-state index contributed by atoms with van der Waals surface area (Å²) in [6.07, 6.45) is 1.63. The number of hydrogen-bond donors (Lipinski definition) is 0. The van der Waals surface area contributed by atoms with Gasteiger partial charge in [0.05, 0.1) is 0 Å². The minimum atomic E-state index is -0.363. The lowest BCUT2D eigenvalue weighted by molar-refractivity contribution is 0.306. The summed E-state index contributed by atoms with van der Waals surface area (Å²) in [4.78, 5) is 15.3. The lowest BCUT2D eigenvalue weighted by Gasteiger charge is -2.07. The molecule has 0 spiro atoms. The average molecular weight is 302 g/mol. The Balaban J connectivity index is 1.86. The fraction of sp³-hybridized carbons (Fsp3) is 0.125. The summed E-state index contributed by atoms with van der Waals surface area (Å²) in [5, 5.41) is 1.32. The van der Waals surface area contributed by atoms with Crippen LogP contribution in [0.4, 0.5) is 0 Å². The second-order valence-corrected chi connectivity index (χ2v) is 5.07. The molecule has 4 nitrogen and oxygen atoms in total. The van der Waals surface area contributed by atoms with E-state index in [4.69, 9.17) is 20.8 Å². The quantitative estimate of drug-likeness (QED) is 0.546. The van der Waals surface area contributed by atoms with Crippen molar-refractivity contribution in [3.05, 3.63) is 69.3 Å². The van der Waals surface area contributed by atoms with E-state index in [1.54, 1.807) is 18.3 Å². The molecule has 5 heteroatoms. The van der Waals surface area contributed by atoms with Crippen LogP contribution in [0.5, 0.6) is 5.75 Å². The van der Waals surface area contributed by atoms with Crippen LogP contribution < -0.4 is 10.4 Å². The van der Waals surface area contributed by atoms with Gasteiger partial charge in [0.1, 0.15) is 23.1 Å². The number of nitrogens with zero attached hydrogens (tertiary/aromatic N) is 1. The first-order valence-electron chi connectivity index (χ1n) is 6.39. The van der Waals surface area contributed by atoms with E-state index in [2.05, 4.69) is 4.98 Å². The molecule has 106 valence electrons. The average Bonchev–Trinajstić information content (AvgIpc) is 2.44. The van der Waals surface area contributed by atoms with Gasteiger partial charge >= 0.3 is 5.63 Å². The number of hydrogen-bond acceptors (Lipinski definition) is 4. The fourth-order valence-corrected chi connectivity index (χ4v) is 2.29. The predicted octanol–water partition coefficient (Wildman–Crippen LogP) is 3.73. The number of ether oxygens (including phenoxy) is 1. The molecule has 21 heavy (non-hydrogen) atoms. The van der Waals surface area contributed by atoms with Crippen LogP contribution in [0.15, 0.2) is 51.8 Å². The van der Waals surface area contributed by atoms with E-state index in [1.165, 1.54) is 6.07 Å². The van der Waals surface area contributed by atoms with E-state index in [0.717, 1.165) is 16.5 Å². The molecule has 0 radical (unpaired) electrons. The topological polar surface area (TPSA) is 52.3 Å². The Bertz CT molecular complexity index is 858. The highest BCUT2D eigenvalue weighted by Gasteiger charge is 2.04. The summed E-state index contributed by atoms with van der Waals surface area (Å²) in [6.45, 7) is 2.24. The SMILES string of the molecule is Cc1cc(=O)oc2cc(OCc3ccnc(Cl)c3)ccc12. The number of aryl methyl sites for hydroxylation is 1. The molecule has 0 amide bonds. The molecule has 3 rings (SSSR count). The smallest absolute Gasteiger partial charge is 0.336 e. The van der Waals surface area contributed by atoms with Gasteiger partial charge in [-0.1, -0.05) is 11.6 Å². The van der Waals surface area contributed by atoms with Gasteiger partial charge in [0, 0.05) is 23.7 Å². The normalized spacial score (nSPS) is 10.8. The summed E-state index contributed by atoms with van der Waals surface area (Å²) in [7, 11) is 0. The minimum absolute atomic E-state index is 0.363. The van der Waals surface area contributed by atoms with E-state index >= 15 is 0 Å². The van der Waals surface area contributed by atoms with Crippen LogP contribution >= 0.6 is 11.6 Å². The molecule has 0 aliphatic heterocycles. The van der Waals surface area contributed by atoms with Crippen molar-refractivity contribution >= 4 is 22.6 Å². The molecular formula is C16H12ClNO3. The molecule has 0 aliphatic rings. The standard InChI is InChI=1S/C16H12ClNO3/c1-10-6-16(19)21-14-8-12(2-3-13(10)14)20-9-11-4-5-18-15(17)7-11/h2-8H,9H2,1H3. The predicted molar refractivity (Wildman–Crippen MR) is 80.8 cm³/mol. The molecule has 0 saturated heterocycles.